The SMILES string of the molecule is CCOc1ccc2nc(NC(=O)CN3CCN(C(=O)c4ccc(Cl)cc4)CC3)sc2c1. The number of thiazole rings is 1. The predicted octanol–water partition coefficient (Wildman–Crippen LogP) is 3.74. The van der Waals surface area contributed by atoms with E-state index in [2.05, 4.69) is 10.3 Å². The molecule has 2 heterocycles. The normalized spacial score (nSPS) is 14.6. The number of nitrogens with one attached hydrogen (secondary N) is 1. The Morgan fingerprint density at radius 1 is 1.13 bits per heavy atom. The van der Waals surface area contributed by atoms with Gasteiger partial charge in [0.15, 0.2) is 5.13 Å². The molecule has 0 saturated carbocycles. The lowest BCUT2D eigenvalue weighted by molar-refractivity contribution is -0.117. The monoisotopic (exact) mass is 458 g/mol. The van der Waals surface area contributed by atoms with E-state index in [-0.39, 0.29) is 18.4 Å². The summed E-state index contributed by atoms with van der Waals surface area (Å²) >= 11 is 7.32. The van der Waals surface area contributed by atoms with Crippen LogP contribution in [0.2, 0.25) is 5.02 Å². The van der Waals surface area contributed by atoms with Crippen molar-refractivity contribution in [1.82, 2.24) is 14.8 Å². The van der Waals surface area contributed by atoms with Crippen LogP contribution in [0, 0.1) is 0 Å². The molecule has 9 heteroatoms. The average molecular weight is 459 g/mol. The molecule has 0 bridgehead atoms. The summed E-state index contributed by atoms with van der Waals surface area (Å²) in [6.07, 6.45) is 0. The quantitative estimate of drug-likeness (QED) is 0.609. The molecule has 1 saturated heterocycles. The molecule has 2 amide bonds. The molecule has 2 aromatic carbocycles. The van der Waals surface area contributed by atoms with Gasteiger partial charge in [-0.3, -0.25) is 14.5 Å². The van der Waals surface area contributed by atoms with E-state index in [9.17, 15) is 9.59 Å². The van der Waals surface area contributed by atoms with Crippen LogP contribution in [-0.4, -0.2) is 65.9 Å². The lowest BCUT2D eigenvalue weighted by Crippen LogP contribution is -2.50. The maximum atomic E-state index is 12.6. The van der Waals surface area contributed by atoms with Crippen molar-refractivity contribution in [2.45, 2.75) is 6.92 Å². The molecule has 4 rings (SSSR count). The van der Waals surface area contributed by atoms with Crippen molar-refractivity contribution < 1.29 is 14.3 Å². The van der Waals surface area contributed by atoms with Crippen molar-refractivity contribution in [3.05, 3.63) is 53.1 Å². The van der Waals surface area contributed by atoms with E-state index in [1.807, 2.05) is 30.0 Å². The molecule has 162 valence electrons. The number of hydrogen-bond donors (Lipinski definition) is 1. The number of ether oxygens (including phenoxy) is 1. The van der Waals surface area contributed by atoms with Gasteiger partial charge in [-0.05, 0) is 49.4 Å². The Morgan fingerprint density at radius 2 is 1.87 bits per heavy atom. The third-order valence-corrected chi connectivity index (χ3v) is 6.22. The minimum atomic E-state index is -0.110. The largest absolute Gasteiger partial charge is 0.494 e. The second-order valence-corrected chi connectivity index (χ2v) is 8.67. The topological polar surface area (TPSA) is 74.8 Å². The molecular formula is C22H23ClN4O3S. The average Bonchev–Trinajstić information content (AvgIpc) is 3.16. The number of carbonyl (C=O) groups excluding carboxylic acids is 2. The van der Waals surface area contributed by atoms with Crippen LogP contribution in [0.1, 0.15) is 17.3 Å². The fourth-order valence-electron chi connectivity index (χ4n) is 3.46. The number of hydrogen-bond acceptors (Lipinski definition) is 6. The van der Waals surface area contributed by atoms with Gasteiger partial charge in [0.1, 0.15) is 5.75 Å². The van der Waals surface area contributed by atoms with Crippen LogP contribution in [0.25, 0.3) is 10.2 Å². The summed E-state index contributed by atoms with van der Waals surface area (Å²) in [5, 5.41) is 4.07. The Hall–Kier alpha value is -2.68. The van der Waals surface area contributed by atoms with Crippen LogP contribution in [0.15, 0.2) is 42.5 Å². The first-order valence-corrected chi connectivity index (χ1v) is 11.3. The van der Waals surface area contributed by atoms with Crippen LogP contribution in [-0.2, 0) is 4.79 Å². The second-order valence-electron chi connectivity index (χ2n) is 7.20. The molecule has 31 heavy (non-hydrogen) atoms. The van der Waals surface area contributed by atoms with Crippen molar-refractivity contribution in [1.29, 1.82) is 0 Å². The van der Waals surface area contributed by atoms with Crippen LogP contribution in [0.4, 0.5) is 5.13 Å². The first-order valence-electron chi connectivity index (χ1n) is 10.1. The number of fused-ring (bicyclic) bond motifs is 1. The van der Waals surface area contributed by atoms with Gasteiger partial charge in [-0.1, -0.05) is 22.9 Å². The molecule has 0 spiro atoms. The summed E-state index contributed by atoms with van der Waals surface area (Å²) in [5.74, 6) is 0.672. The molecule has 1 aliphatic heterocycles. The van der Waals surface area contributed by atoms with Crippen molar-refractivity contribution in [2.24, 2.45) is 0 Å². The van der Waals surface area contributed by atoms with E-state index in [1.54, 1.807) is 29.2 Å². The summed E-state index contributed by atoms with van der Waals surface area (Å²) in [6, 6.07) is 12.6. The van der Waals surface area contributed by atoms with Crippen molar-refractivity contribution in [2.75, 3.05) is 44.6 Å². The number of anilines is 1. The molecule has 7 nitrogen and oxygen atoms in total. The van der Waals surface area contributed by atoms with Gasteiger partial charge in [0.05, 0.1) is 23.4 Å². The summed E-state index contributed by atoms with van der Waals surface area (Å²) in [4.78, 5) is 33.4. The van der Waals surface area contributed by atoms with Crippen molar-refractivity contribution in [3.63, 3.8) is 0 Å². The second kappa shape index (κ2) is 9.64. The zero-order chi connectivity index (χ0) is 21.8. The molecule has 1 fully saturated rings. The first kappa shape index (κ1) is 21.5. The molecule has 0 radical (unpaired) electrons. The van der Waals surface area contributed by atoms with Crippen LogP contribution in [0.5, 0.6) is 5.75 Å². The highest BCUT2D eigenvalue weighted by atomic mass is 35.5. The third kappa shape index (κ3) is 5.33. The molecule has 3 aromatic rings. The van der Waals surface area contributed by atoms with Crippen molar-refractivity contribution in [3.8, 4) is 5.75 Å². The maximum absolute atomic E-state index is 12.6. The standard InChI is InChI=1S/C22H23ClN4O3S/c1-2-30-17-7-8-18-19(13-17)31-22(24-18)25-20(28)14-26-9-11-27(12-10-26)21(29)15-3-5-16(23)6-4-15/h3-8,13H,2,9-12,14H2,1H3,(H,24,25,28). The molecule has 0 aliphatic carbocycles. The predicted molar refractivity (Wildman–Crippen MR) is 123 cm³/mol. The van der Waals surface area contributed by atoms with Gasteiger partial charge in [-0.15, -0.1) is 0 Å². The zero-order valence-electron chi connectivity index (χ0n) is 17.1. The highest BCUT2D eigenvalue weighted by molar-refractivity contribution is 7.22. The van der Waals surface area contributed by atoms with Gasteiger partial charge in [-0.25, -0.2) is 4.98 Å². The molecule has 0 unspecified atom stereocenters. The Bertz CT molecular complexity index is 1080. The van der Waals surface area contributed by atoms with E-state index < -0.39 is 0 Å². The van der Waals surface area contributed by atoms with Crippen LogP contribution >= 0.6 is 22.9 Å². The molecular weight excluding hydrogens is 436 g/mol. The summed E-state index contributed by atoms with van der Waals surface area (Å²) in [6.45, 7) is 5.26. The van der Waals surface area contributed by atoms with Gasteiger partial charge in [0, 0.05) is 36.8 Å². The molecule has 1 aromatic heterocycles. The summed E-state index contributed by atoms with van der Waals surface area (Å²) in [5.41, 5.74) is 1.46. The number of nitrogens with zero attached hydrogens (tertiary/aromatic N) is 3. The van der Waals surface area contributed by atoms with Crippen LogP contribution < -0.4 is 10.1 Å². The van der Waals surface area contributed by atoms with E-state index in [4.69, 9.17) is 16.3 Å². The number of rotatable bonds is 6. The lowest BCUT2D eigenvalue weighted by atomic mass is 10.2. The highest BCUT2D eigenvalue weighted by Crippen LogP contribution is 2.29. The Balaban J connectivity index is 1.28. The Kier molecular flexibility index (Phi) is 6.70. The van der Waals surface area contributed by atoms with Gasteiger partial charge in [0.2, 0.25) is 5.91 Å². The van der Waals surface area contributed by atoms with E-state index in [0.29, 0.717) is 48.5 Å². The fraction of sp³-hybridized carbons (Fsp3) is 0.318. The van der Waals surface area contributed by atoms with Gasteiger partial charge in [0.25, 0.3) is 5.91 Å². The minimum Gasteiger partial charge on any atom is -0.494 e. The minimum absolute atomic E-state index is 0.0123. The number of amides is 2. The smallest absolute Gasteiger partial charge is 0.253 e. The van der Waals surface area contributed by atoms with Gasteiger partial charge < -0.3 is 15.0 Å². The molecule has 1 N–H and O–H groups in total. The summed E-state index contributed by atoms with van der Waals surface area (Å²) < 4.78 is 6.48. The highest BCUT2D eigenvalue weighted by Gasteiger charge is 2.23. The lowest BCUT2D eigenvalue weighted by Gasteiger charge is -2.34. The Morgan fingerprint density at radius 3 is 2.58 bits per heavy atom. The first-order chi connectivity index (χ1) is 15.0. The van der Waals surface area contributed by atoms with E-state index in [1.165, 1.54) is 11.3 Å². The number of piperazine rings is 1. The number of aromatic nitrogens is 1. The number of benzene rings is 2. The third-order valence-electron chi connectivity index (χ3n) is 5.04. The van der Waals surface area contributed by atoms with Gasteiger partial charge >= 0.3 is 0 Å². The zero-order valence-corrected chi connectivity index (χ0v) is 18.7. The molecule has 0 atom stereocenters. The van der Waals surface area contributed by atoms with Crippen molar-refractivity contribution >= 4 is 50.1 Å². The fourth-order valence-corrected chi connectivity index (χ4v) is 4.50. The number of carbonyl (C=O) groups is 2. The van der Waals surface area contributed by atoms with Crippen LogP contribution in [0.3, 0.4) is 0 Å². The number of halogens is 1. The van der Waals surface area contributed by atoms with Gasteiger partial charge in [-0.2, -0.15) is 0 Å². The summed E-state index contributed by atoms with van der Waals surface area (Å²) in [7, 11) is 0. The maximum Gasteiger partial charge on any atom is 0.253 e. The Labute approximate surface area is 189 Å². The van der Waals surface area contributed by atoms with E-state index in [0.717, 1.165) is 16.0 Å². The van der Waals surface area contributed by atoms with E-state index >= 15 is 0 Å². The molecule has 1 aliphatic rings.